The van der Waals surface area contributed by atoms with Crippen LogP contribution in [0.2, 0.25) is 0 Å². The van der Waals surface area contributed by atoms with Gasteiger partial charge in [-0.25, -0.2) is 0 Å². The average molecular weight is 456 g/mol. The standard InChI is InChI=1S/C23H20Br2/c1-4-15(18-11-13(2)22-16(18)7-5-9-20(22)24)19-12-14(3)23-17(19)8-6-10-21(23)25/h5-12,15,18-19H,1-3H3. The van der Waals surface area contributed by atoms with Crippen LogP contribution in [-0.2, 0) is 0 Å². The minimum Gasteiger partial charge on any atom is -0.0731 e. The van der Waals surface area contributed by atoms with Crippen LogP contribution in [0, 0.1) is 12.3 Å². The maximum Gasteiger partial charge on any atom is 0.0253 e. The lowest BCUT2D eigenvalue weighted by Crippen LogP contribution is -2.17. The van der Waals surface area contributed by atoms with Gasteiger partial charge >= 0.3 is 0 Å². The molecule has 0 nitrogen and oxygen atoms in total. The van der Waals surface area contributed by atoms with Crippen LogP contribution in [0.3, 0.4) is 0 Å². The van der Waals surface area contributed by atoms with Crippen LogP contribution in [0.15, 0.2) is 57.5 Å². The van der Waals surface area contributed by atoms with Crippen LogP contribution in [0.1, 0.15) is 54.9 Å². The molecule has 2 aliphatic rings. The number of halogens is 2. The van der Waals surface area contributed by atoms with Crippen LogP contribution in [0.25, 0.3) is 11.1 Å². The lowest BCUT2D eigenvalue weighted by Gasteiger charge is -2.28. The fourth-order valence-electron chi connectivity index (χ4n) is 4.53. The van der Waals surface area contributed by atoms with E-state index in [9.17, 15) is 0 Å². The third-order valence-corrected chi connectivity index (χ3v) is 6.89. The van der Waals surface area contributed by atoms with Gasteiger partial charge in [0, 0.05) is 20.8 Å². The first-order valence-electron chi connectivity index (χ1n) is 8.64. The monoisotopic (exact) mass is 454 g/mol. The molecule has 2 aromatic carbocycles. The first-order chi connectivity index (χ1) is 12.0. The van der Waals surface area contributed by atoms with Gasteiger partial charge in [-0.05, 0) is 71.7 Å². The fourth-order valence-corrected chi connectivity index (χ4v) is 5.92. The van der Waals surface area contributed by atoms with E-state index in [-0.39, 0.29) is 0 Å². The molecule has 2 atom stereocenters. The van der Waals surface area contributed by atoms with Crippen molar-refractivity contribution in [3.63, 3.8) is 0 Å². The SMILES string of the molecule is C[C]C(C1C=C(C)c2c(Br)cccc21)C1C=C(C)c2c(Br)cccc21. The quantitative estimate of drug-likeness (QED) is 0.446. The topological polar surface area (TPSA) is 0 Å². The molecular weight excluding hydrogens is 436 g/mol. The summed E-state index contributed by atoms with van der Waals surface area (Å²) in [7, 11) is 0. The van der Waals surface area contributed by atoms with Gasteiger partial charge < -0.3 is 0 Å². The third kappa shape index (κ3) is 2.69. The van der Waals surface area contributed by atoms with Crippen molar-refractivity contribution in [2.24, 2.45) is 5.92 Å². The van der Waals surface area contributed by atoms with Gasteiger partial charge in [-0.2, -0.15) is 0 Å². The Morgan fingerprint density at radius 3 is 1.64 bits per heavy atom. The molecule has 2 radical (unpaired) electrons. The number of benzene rings is 2. The van der Waals surface area contributed by atoms with E-state index in [4.69, 9.17) is 0 Å². The van der Waals surface area contributed by atoms with E-state index in [0.29, 0.717) is 17.8 Å². The first-order valence-corrected chi connectivity index (χ1v) is 10.2. The van der Waals surface area contributed by atoms with Crippen molar-refractivity contribution in [1.29, 1.82) is 0 Å². The van der Waals surface area contributed by atoms with Crippen molar-refractivity contribution in [3.05, 3.63) is 86.2 Å². The molecule has 2 heteroatoms. The molecule has 25 heavy (non-hydrogen) atoms. The molecule has 0 amide bonds. The van der Waals surface area contributed by atoms with Gasteiger partial charge in [0.25, 0.3) is 0 Å². The second kappa shape index (κ2) is 6.55. The molecule has 4 rings (SSSR count). The van der Waals surface area contributed by atoms with Crippen LogP contribution in [0.5, 0.6) is 0 Å². The van der Waals surface area contributed by atoms with Gasteiger partial charge in [0.05, 0.1) is 0 Å². The lowest BCUT2D eigenvalue weighted by molar-refractivity contribution is 0.502. The number of allylic oxidation sites excluding steroid dienone is 4. The van der Waals surface area contributed by atoms with Crippen molar-refractivity contribution >= 4 is 43.0 Å². The smallest absolute Gasteiger partial charge is 0.0253 e. The normalized spacial score (nSPS) is 22.3. The first kappa shape index (κ1) is 17.3. The summed E-state index contributed by atoms with van der Waals surface area (Å²) < 4.78 is 2.38. The molecule has 2 aromatic rings. The zero-order valence-corrected chi connectivity index (χ0v) is 17.8. The highest BCUT2D eigenvalue weighted by molar-refractivity contribution is 9.10. The zero-order chi connectivity index (χ0) is 17.7. The highest BCUT2D eigenvalue weighted by Gasteiger charge is 2.36. The van der Waals surface area contributed by atoms with Gasteiger partial charge in [-0.3, -0.25) is 0 Å². The summed E-state index contributed by atoms with van der Waals surface area (Å²) in [6.45, 7) is 6.52. The van der Waals surface area contributed by atoms with Crippen LogP contribution in [0.4, 0.5) is 0 Å². The van der Waals surface area contributed by atoms with E-state index >= 15 is 0 Å². The molecule has 0 spiro atoms. The van der Waals surface area contributed by atoms with Gasteiger partial charge in [0.1, 0.15) is 0 Å². The molecular formula is C23H20Br2. The van der Waals surface area contributed by atoms with Crippen LogP contribution < -0.4 is 0 Å². The highest BCUT2D eigenvalue weighted by Crippen LogP contribution is 2.52. The fraction of sp³-hybridized carbons (Fsp3) is 0.261. The molecule has 0 fully saturated rings. The Kier molecular flexibility index (Phi) is 4.54. The molecule has 2 unspecified atom stereocenters. The minimum atomic E-state index is 0.330. The second-order valence-electron chi connectivity index (χ2n) is 6.97. The van der Waals surface area contributed by atoms with Gasteiger partial charge in [0.2, 0.25) is 0 Å². The molecule has 0 N–H and O–H groups in total. The zero-order valence-electron chi connectivity index (χ0n) is 14.6. The summed E-state index contributed by atoms with van der Waals surface area (Å²) in [5.41, 5.74) is 8.28. The largest absolute Gasteiger partial charge is 0.0731 e. The van der Waals surface area contributed by atoms with Crippen molar-refractivity contribution in [2.45, 2.75) is 32.6 Å². The summed E-state index contributed by atoms with van der Waals surface area (Å²) in [6.07, 6.45) is 8.48. The second-order valence-corrected chi connectivity index (χ2v) is 8.68. The average Bonchev–Trinajstić information content (AvgIpc) is 3.09. The molecule has 0 aromatic heterocycles. The Hall–Kier alpha value is -1.12. The summed E-state index contributed by atoms with van der Waals surface area (Å²) in [4.78, 5) is 0. The predicted octanol–water partition coefficient (Wildman–Crippen LogP) is 7.63. The Morgan fingerprint density at radius 1 is 0.800 bits per heavy atom. The van der Waals surface area contributed by atoms with Gasteiger partial charge in [-0.1, -0.05) is 75.2 Å². The molecule has 0 saturated carbocycles. The van der Waals surface area contributed by atoms with E-state index in [1.807, 2.05) is 0 Å². The highest BCUT2D eigenvalue weighted by atomic mass is 79.9. The molecule has 2 aliphatic carbocycles. The van der Waals surface area contributed by atoms with Gasteiger partial charge in [-0.15, -0.1) is 0 Å². The van der Waals surface area contributed by atoms with E-state index in [1.54, 1.807) is 0 Å². The predicted molar refractivity (Wildman–Crippen MR) is 113 cm³/mol. The summed E-state index contributed by atoms with van der Waals surface area (Å²) >= 11 is 7.47. The van der Waals surface area contributed by atoms with Gasteiger partial charge in [0.15, 0.2) is 0 Å². The summed E-state index contributed by atoms with van der Waals surface area (Å²) in [5.74, 6) is 1.07. The van der Waals surface area contributed by atoms with E-state index in [1.165, 1.54) is 42.3 Å². The van der Waals surface area contributed by atoms with E-state index in [2.05, 4.69) is 108 Å². The number of fused-ring (bicyclic) bond motifs is 2. The lowest BCUT2D eigenvalue weighted by atomic mass is 9.75. The maximum absolute atomic E-state index is 3.74. The number of rotatable bonds is 3. The minimum absolute atomic E-state index is 0.330. The summed E-state index contributed by atoms with van der Waals surface area (Å²) in [6, 6.07) is 13.1. The molecule has 0 aliphatic heterocycles. The van der Waals surface area contributed by atoms with E-state index in [0.717, 1.165) is 0 Å². The Labute approximate surface area is 167 Å². The van der Waals surface area contributed by atoms with E-state index < -0.39 is 0 Å². The number of hydrogen-bond acceptors (Lipinski definition) is 0. The van der Waals surface area contributed by atoms with Crippen molar-refractivity contribution in [1.82, 2.24) is 0 Å². The van der Waals surface area contributed by atoms with Crippen molar-refractivity contribution in [2.75, 3.05) is 0 Å². The van der Waals surface area contributed by atoms with Crippen molar-refractivity contribution in [3.8, 4) is 0 Å². The Morgan fingerprint density at radius 2 is 1.24 bits per heavy atom. The summed E-state index contributed by atoms with van der Waals surface area (Å²) in [5, 5.41) is 0. The van der Waals surface area contributed by atoms with Crippen LogP contribution >= 0.6 is 31.9 Å². The Balaban J connectivity index is 1.80. The number of hydrogen-bond donors (Lipinski definition) is 0. The molecule has 0 bridgehead atoms. The maximum atomic E-state index is 3.74. The third-order valence-electron chi connectivity index (χ3n) is 5.56. The van der Waals surface area contributed by atoms with Crippen LogP contribution in [-0.4, -0.2) is 0 Å². The molecule has 126 valence electrons. The van der Waals surface area contributed by atoms with Crippen molar-refractivity contribution < 1.29 is 0 Å². The Bertz CT molecular complexity index is 831. The molecule has 0 saturated heterocycles. The molecule has 0 heterocycles.